The highest BCUT2D eigenvalue weighted by atomic mass is 35.5. The van der Waals surface area contributed by atoms with Gasteiger partial charge in [-0.2, -0.15) is 0 Å². The van der Waals surface area contributed by atoms with E-state index in [0.29, 0.717) is 29.4 Å². The summed E-state index contributed by atoms with van der Waals surface area (Å²) in [5.41, 5.74) is 7.43. The van der Waals surface area contributed by atoms with Gasteiger partial charge in [0.2, 0.25) is 0 Å². The molecule has 1 aromatic rings. The molecule has 0 saturated heterocycles. The molecule has 0 saturated carbocycles. The molecule has 0 radical (unpaired) electrons. The van der Waals surface area contributed by atoms with Crippen molar-refractivity contribution >= 4 is 11.6 Å². The van der Waals surface area contributed by atoms with E-state index in [-0.39, 0.29) is 12.5 Å². The Morgan fingerprint density at radius 2 is 1.90 bits per heavy atom. The second-order valence-electron chi connectivity index (χ2n) is 5.12. The first-order chi connectivity index (χ1) is 9.42. The Morgan fingerprint density at radius 3 is 2.40 bits per heavy atom. The first kappa shape index (κ1) is 17.2. The fourth-order valence-corrected chi connectivity index (χ4v) is 2.37. The maximum atomic E-state index is 10.4. The van der Waals surface area contributed by atoms with E-state index in [0.717, 1.165) is 5.56 Å². The van der Waals surface area contributed by atoms with E-state index in [2.05, 4.69) is 0 Å². The number of rotatable bonds is 7. The number of hydrogen-bond acceptors (Lipinski definition) is 4. The molecule has 2 atom stereocenters. The SMILES string of the molecule is CCOc1c(C(C)C)cc(Cl)cc1C(O)C(N)CCO. The molecule has 4 N–H and O–H groups in total. The van der Waals surface area contributed by atoms with Crippen LogP contribution < -0.4 is 10.5 Å². The second kappa shape index (κ2) is 7.84. The predicted molar refractivity (Wildman–Crippen MR) is 81.3 cm³/mol. The summed E-state index contributed by atoms with van der Waals surface area (Å²) in [5, 5.41) is 19.9. The summed E-state index contributed by atoms with van der Waals surface area (Å²) in [4.78, 5) is 0. The Bertz CT molecular complexity index is 437. The van der Waals surface area contributed by atoms with Gasteiger partial charge < -0.3 is 20.7 Å². The molecule has 0 aliphatic rings. The zero-order valence-corrected chi connectivity index (χ0v) is 13.0. The normalized spacial score (nSPS) is 14.4. The monoisotopic (exact) mass is 301 g/mol. The number of aliphatic hydroxyl groups excluding tert-OH is 2. The van der Waals surface area contributed by atoms with E-state index in [1.807, 2.05) is 26.8 Å². The predicted octanol–water partition coefficient (Wildman–Crippen LogP) is 2.61. The number of halogens is 1. The minimum atomic E-state index is -0.917. The lowest BCUT2D eigenvalue weighted by molar-refractivity contribution is 0.125. The quantitative estimate of drug-likeness (QED) is 0.723. The summed E-state index contributed by atoms with van der Waals surface area (Å²) in [6.07, 6.45) is -0.601. The fraction of sp³-hybridized carbons (Fsp3) is 0.600. The molecule has 0 spiro atoms. The van der Waals surface area contributed by atoms with Crippen LogP contribution in [0.4, 0.5) is 0 Å². The van der Waals surface area contributed by atoms with Gasteiger partial charge in [0.25, 0.3) is 0 Å². The van der Waals surface area contributed by atoms with Crippen molar-refractivity contribution in [3.63, 3.8) is 0 Å². The van der Waals surface area contributed by atoms with Crippen LogP contribution in [0, 0.1) is 0 Å². The van der Waals surface area contributed by atoms with Gasteiger partial charge in [-0.25, -0.2) is 0 Å². The van der Waals surface area contributed by atoms with E-state index in [9.17, 15) is 5.11 Å². The second-order valence-corrected chi connectivity index (χ2v) is 5.56. The van der Waals surface area contributed by atoms with Crippen molar-refractivity contribution in [1.82, 2.24) is 0 Å². The van der Waals surface area contributed by atoms with E-state index in [1.165, 1.54) is 0 Å². The molecular weight excluding hydrogens is 278 g/mol. The molecule has 20 heavy (non-hydrogen) atoms. The number of aliphatic hydroxyl groups is 2. The van der Waals surface area contributed by atoms with Gasteiger partial charge in [0.05, 0.1) is 12.7 Å². The largest absolute Gasteiger partial charge is 0.493 e. The van der Waals surface area contributed by atoms with Crippen LogP contribution in [0.2, 0.25) is 5.02 Å². The van der Waals surface area contributed by atoms with E-state index in [4.69, 9.17) is 27.2 Å². The Balaban J connectivity index is 3.28. The summed E-state index contributed by atoms with van der Waals surface area (Å²) in [7, 11) is 0. The average molecular weight is 302 g/mol. The molecule has 0 aliphatic heterocycles. The van der Waals surface area contributed by atoms with Crippen molar-refractivity contribution in [3.05, 3.63) is 28.3 Å². The van der Waals surface area contributed by atoms with Crippen molar-refractivity contribution in [3.8, 4) is 5.75 Å². The molecular formula is C15H24ClNO3. The van der Waals surface area contributed by atoms with Gasteiger partial charge in [0.1, 0.15) is 5.75 Å². The average Bonchev–Trinajstić information content (AvgIpc) is 2.39. The summed E-state index contributed by atoms with van der Waals surface area (Å²) in [5.74, 6) is 0.864. The molecule has 0 aliphatic carbocycles. The van der Waals surface area contributed by atoms with E-state index >= 15 is 0 Å². The first-order valence-electron chi connectivity index (χ1n) is 6.92. The lowest BCUT2D eigenvalue weighted by Crippen LogP contribution is -2.30. The summed E-state index contributed by atoms with van der Waals surface area (Å²) in [6.45, 7) is 6.40. The number of nitrogens with two attached hydrogens (primary N) is 1. The smallest absolute Gasteiger partial charge is 0.128 e. The topological polar surface area (TPSA) is 75.7 Å². The van der Waals surface area contributed by atoms with Crippen LogP contribution in [-0.4, -0.2) is 29.5 Å². The van der Waals surface area contributed by atoms with Crippen molar-refractivity contribution in [2.45, 2.75) is 45.3 Å². The molecule has 2 unspecified atom stereocenters. The fourth-order valence-electron chi connectivity index (χ4n) is 2.13. The highest BCUT2D eigenvalue weighted by Gasteiger charge is 2.24. The molecule has 0 heterocycles. The Labute approximate surface area is 125 Å². The lowest BCUT2D eigenvalue weighted by Gasteiger charge is -2.24. The maximum Gasteiger partial charge on any atom is 0.128 e. The van der Waals surface area contributed by atoms with Crippen molar-refractivity contribution < 1.29 is 14.9 Å². The highest BCUT2D eigenvalue weighted by molar-refractivity contribution is 6.30. The van der Waals surface area contributed by atoms with Gasteiger partial charge in [0.15, 0.2) is 0 Å². The molecule has 0 fully saturated rings. The maximum absolute atomic E-state index is 10.4. The minimum absolute atomic E-state index is 0.0696. The van der Waals surface area contributed by atoms with Gasteiger partial charge in [-0.15, -0.1) is 0 Å². The lowest BCUT2D eigenvalue weighted by atomic mass is 9.93. The first-order valence-corrected chi connectivity index (χ1v) is 7.30. The molecule has 0 amide bonds. The summed E-state index contributed by atoms with van der Waals surface area (Å²) in [6, 6.07) is 2.98. The van der Waals surface area contributed by atoms with Crippen LogP contribution >= 0.6 is 11.6 Å². The molecule has 4 nitrogen and oxygen atoms in total. The number of benzene rings is 1. The Kier molecular flexibility index (Phi) is 6.76. The molecule has 1 rings (SSSR count). The zero-order chi connectivity index (χ0) is 15.3. The van der Waals surface area contributed by atoms with Crippen molar-refractivity contribution in [2.75, 3.05) is 13.2 Å². The molecule has 5 heteroatoms. The molecule has 1 aromatic carbocycles. The van der Waals surface area contributed by atoms with Gasteiger partial charge in [0, 0.05) is 23.2 Å². The van der Waals surface area contributed by atoms with Crippen LogP contribution in [0.1, 0.15) is 50.3 Å². The Hall–Kier alpha value is -0.810. The van der Waals surface area contributed by atoms with Gasteiger partial charge >= 0.3 is 0 Å². The van der Waals surface area contributed by atoms with Crippen LogP contribution in [0.3, 0.4) is 0 Å². The Morgan fingerprint density at radius 1 is 1.30 bits per heavy atom. The molecule has 0 bridgehead atoms. The standard InChI is InChI=1S/C15H24ClNO3/c1-4-20-15-11(9(2)3)7-10(16)8-12(15)14(19)13(17)5-6-18/h7-9,13-14,18-19H,4-6,17H2,1-3H3. The van der Waals surface area contributed by atoms with E-state index < -0.39 is 12.1 Å². The molecule has 0 aromatic heterocycles. The van der Waals surface area contributed by atoms with Gasteiger partial charge in [-0.05, 0) is 37.0 Å². The third kappa shape index (κ3) is 4.09. The minimum Gasteiger partial charge on any atom is -0.493 e. The third-order valence-electron chi connectivity index (χ3n) is 3.21. The number of ether oxygens (including phenoxy) is 1. The zero-order valence-electron chi connectivity index (χ0n) is 12.3. The number of hydrogen-bond donors (Lipinski definition) is 3. The van der Waals surface area contributed by atoms with Crippen LogP contribution in [0.25, 0.3) is 0 Å². The van der Waals surface area contributed by atoms with Crippen LogP contribution in [-0.2, 0) is 0 Å². The summed E-state index contributed by atoms with van der Waals surface area (Å²) >= 11 is 6.14. The molecule has 114 valence electrons. The van der Waals surface area contributed by atoms with Gasteiger partial charge in [-0.3, -0.25) is 0 Å². The van der Waals surface area contributed by atoms with Crippen molar-refractivity contribution in [2.24, 2.45) is 5.73 Å². The van der Waals surface area contributed by atoms with E-state index in [1.54, 1.807) is 6.07 Å². The van der Waals surface area contributed by atoms with Gasteiger partial charge in [-0.1, -0.05) is 25.4 Å². The van der Waals surface area contributed by atoms with Crippen LogP contribution in [0.15, 0.2) is 12.1 Å². The van der Waals surface area contributed by atoms with Crippen molar-refractivity contribution in [1.29, 1.82) is 0 Å². The highest BCUT2D eigenvalue weighted by Crippen LogP contribution is 2.37. The van der Waals surface area contributed by atoms with Crippen LogP contribution in [0.5, 0.6) is 5.75 Å². The summed E-state index contributed by atoms with van der Waals surface area (Å²) < 4.78 is 5.70. The third-order valence-corrected chi connectivity index (χ3v) is 3.43.